The molecule has 4 aromatic rings. The maximum atomic E-state index is 13.9. The van der Waals surface area contributed by atoms with E-state index in [2.05, 4.69) is 38.4 Å². The molecule has 6 rings (SSSR count). The van der Waals surface area contributed by atoms with Crippen LogP contribution in [0.5, 0.6) is 0 Å². The first-order valence-electron chi connectivity index (χ1n) is 13.9. The van der Waals surface area contributed by atoms with E-state index in [0.717, 1.165) is 18.4 Å². The molecule has 1 aliphatic carbocycles. The molecule has 1 unspecified atom stereocenters. The fourth-order valence-electron chi connectivity index (χ4n) is 5.06. The maximum absolute atomic E-state index is 13.9. The van der Waals surface area contributed by atoms with Gasteiger partial charge in [0.1, 0.15) is 6.07 Å². The number of hydrogen-bond acceptors (Lipinski definition) is 9. The summed E-state index contributed by atoms with van der Waals surface area (Å²) >= 11 is 6.81. The number of fused-ring (bicyclic) bond motifs is 1. The number of nitrogens with one attached hydrogen (secondary N) is 3. The van der Waals surface area contributed by atoms with Gasteiger partial charge in [-0.3, -0.25) is 9.99 Å². The van der Waals surface area contributed by atoms with Crippen molar-refractivity contribution in [1.82, 2.24) is 25.9 Å². The fourth-order valence-corrected chi connectivity index (χ4v) is 5.32. The first-order chi connectivity index (χ1) is 20.8. The minimum atomic E-state index is -1.59. The van der Waals surface area contributed by atoms with E-state index in [1.165, 1.54) is 24.5 Å². The molecular weight excluding hydrogens is 553 g/mol. The molecule has 0 spiro atoms. The summed E-state index contributed by atoms with van der Waals surface area (Å²) in [4.78, 5) is 10.0. The highest BCUT2D eigenvalue weighted by Gasteiger charge is 2.34. The highest BCUT2D eigenvalue weighted by atomic mass is 35.5. The van der Waals surface area contributed by atoms with E-state index >= 15 is 0 Å². The Morgan fingerprint density at radius 2 is 1.98 bits per heavy atom. The first-order valence-corrected chi connectivity index (χ1v) is 13.8. The predicted molar refractivity (Wildman–Crippen MR) is 159 cm³/mol. The highest BCUT2D eigenvalue weighted by molar-refractivity contribution is 6.35. The van der Waals surface area contributed by atoms with Gasteiger partial charge in [-0.1, -0.05) is 48.0 Å². The molecule has 0 radical (unpaired) electrons. The van der Waals surface area contributed by atoms with Crippen molar-refractivity contribution in [3.8, 4) is 12.1 Å². The Bertz CT molecular complexity index is 1780. The molecular formula is C31H27ClFN9. The summed E-state index contributed by atoms with van der Waals surface area (Å²) in [7, 11) is 1.74. The van der Waals surface area contributed by atoms with Gasteiger partial charge in [0.2, 0.25) is 5.95 Å². The molecule has 9 nitrogen and oxygen atoms in total. The molecule has 1 saturated carbocycles. The highest BCUT2D eigenvalue weighted by Crippen LogP contribution is 2.40. The van der Waals surface area contributed by atoms with Crippen molar-refractivity contribution in [2.24, 2.45) is 0 Å². The van der Waals surface area contributed by atoms with E-state index in [4.69, 9.17) is 11.6 Å². The molecule has 0 saturated heterocycles. The summed E-state index contributed by atoms with van der Waals surface area (Å²) in [5.74, 6) is -0.648. The van der Waals surface area contributed by atoms with E-state index in [-0.39, 0.29) is 12.0 Å². The molecule has 0 amide bonds. The number of benzene rings is 2. The Morgan fingerprint density at radius 1 is 1.17 bits per heavy atom. The van der Waals surface area contributed by atoms with Gasteiger partial charge in [0.15, 0.2) is 0 Å². The average molecular weight is 581 g/mol. The van der Waals surface area contributed by atoms with E-state index < -0.39 is 18.0 Å². The van der Waals surface area contributed by atoms with Crippen LogP contribution in [0, 0.1) is 28.6 Å². The van der Waals surface area contributed by atoms with Gasteiger partial charge < -0.3 is 15.6 Å². The summed E-state index contributed by atoms with van der Waals surface area (Å²) in [6, 6.07) is 18.6. The number of anilines is 2. The summed E-state index contributed by atoms with van der Waals surface area (Å²) in [5, 5.41) is 25.8. The number of likely N-dealkylation sites (N-methyl/N-ethyl adjacent to an activating group) is 1. The third-order valence-electron chi connectivity index (χ3n) is 7.35. The topological polar surface area (TPSA) is 116 Å². The Kier molecular flexibility index (Phi) is 7.15. The van der Waals surface area contributed by atoms with Crippen LogP contribution in [0.4, 0.5) is 15.8 Å². The van der Waals surface area contributed by atoms with Crippen LogP contribution in [0.15, 0.2) is 78.9 Å². The van der Waals surface area contributed by atoms with Crippen molar-refractivity contribution in [1.29, 1.82) is 10.5 Å². The monoisotopic (exact) mass is 580 g/mol. The zero-order chi connectivity index (χ0) is 30.1. The van der Waals surface area contributed by atoms with Crippen LogP contribution in [0.3, 0.4) is 0 Å². The molecule has 1 aliphatic heterocycles. The van der Waals surface area contributed by atoms with Crippen molar-refractivity contribution in [2.45, 2.75) is 37.4 Å². The summed E-state index contributed by atoms with van der Waals surface area (Å²) in [6.45, 7) is 0. The quantitative estimate of drug-likeness (QED) is 0.209. The third-order valence-corrected chi connectivity index (χ3v) is 7.64. The summed E-state index contributed by atoms with van der Waals surface area (Å²) in [6.07, 6.45) is 6.89. The van der Waals surface area contributed by atoms with Crippen LogP contribution in [0.2, 0.25) is 5.02 Å². The average Bonchev–Trinajstić information content (AvgIpc) is 3.76. The molecule has 2 aromatic heterocycles. The lowest BCUT2D eigenvalue weighted by Crippen LogP contribution is -2.39. The second kappa shape index (κ2) is 11.5. The number of rotatable bonds is 9. The lowest BCUT2D eigenvalue weighted by molar-refractivity contribution is 0.260. The molecule has 2 aromatic carbocycles. The van der Waals surface area contributed by atoms with Gasteiger partial charge in [0.05, 0.1) is 53.4 Å². The van der Waals surface area contributed by atoms with Gasteiger partial charge in [0, 0.05) is 42.8 Å². The number of nitrogens with zero attached hydrogens (tertiary/aromatic N) is 6. The molecule has 0 bridgehead atoms. The van der Waals surface area contributed by atoms with Gasteiger partial charge in [-0.05, 0) is 42.2 Å². The van der Waals surface area contributed by atoms with Gasteiger partial charge in [-0.2, -0.15) is 14.9 Å². The second-order valence-corrected chi connectivity index (χ2v) is 10.6. The Morgan fingerprint density at radius 3 is 2.67 bits per heavy atom. The number of hydrazine groups is 2. The first kappa shape index (κ1) is 26.0. The predicted octanol–water partition coefficient (Wildman–Crippen LogP) is 5.87. The lowest BCUT2D eigenvalue weighted by Gasteiger charge is -2.31. The van der Waals surface area contributed by atoms with Gasteiger partial charge in [0.25, 0.3) is 0 Å². The zero-order valence-electron chi connectivity index (χ0n) is 23.6. The van der Waals surface area contributed by atoms with Crippen molar-refractivity contribution in [2.75, 3.05) is 17.3 Å². The van der Waals surface area contributed by atoms with Crippen LogP contribution < -0.4 is 21.2 Å². The minimum absolute atomic E-state index is 0.156. The molecule has 42 heavy (non-hydrogen) atoms. The lowest BCUT2D eigenvalue weighted by atomic mass is 10.0. The van der Waals surface area contributed by atoms with Gasteiger partial charge in [-0.15, -0.1) is 5.53 Å². The maximum Gasteiger partial charge on any atom is 0.212 e. The normalized spacial score (nSPS) is 16.8. The molecule has 3 N–H and O–H groups in total. The SMILES string of the molecule is [2H][C@](C1=CN(C2CC2)NN1)(c1ccc(F)nc1)N(C)c1cc(Cl)c2ncc(C#N)c(NC(CC#N)c3ccccc3)c2c1. The van der Waals surface area contributed by atoms with Crippen LogP contribution >= 0.6 is 11.6 Å². The summed E-state index contributed by atoms with van der Waals surface area (Å²) < 4.78 is 23.7. The van der Waals surface area contributed by atoms with E-state index in [0.29, 0.717) is 44.6 Å². The molecule has 210 valence electrons. The summed E-state index contributed by atoms with van der Waals surface area (Å²) in [5.41, 5.74) is 9.83. The Labute approximate surface area is 249 Å². The van der Waals surface area contributed by atoms with E-state index in [1.54, 1.807) is 18.0 Å². The second-order valence-electron chi connectivity index (χ2n) is 10.1. The van der Waals surface area contributed by atoms with Crippen molar-refractivity contribution >= 4 is 33.9 Å². The van der Waals surface area contributed by atoms with Crippen LogP contribution in [-0.2, 0) is 0 Å². The molecule has 3 heterocycles. The van der Waals surface area contributed by atoms with Crippen LogP contribution in [0.25, 0.3) is 10.9 Å². The smallest absolute Gasteiger partial charge is 0.212 e. The van der Waals surface area contributed by atoms with Crippen LogP contribution in [0.1, 0.15) is 49.4 Å². The number of aromatic nitrogens is 2. The molecule has 11 heteroatoms. The molecule has 2 aliphatic rings. The largest absolute Gasteiger partial charge is 0.376 e. The number of pyridine rings is 2. The minimum Gasteiger partial charge on any atom is -0.376 e. The third kappa shape index (κ3) is 5.38. The standard InChI is InChI=1S/C31H27ClFN9/c1-41(31(20-7-10-28(33)36-16-20)27-18-42(40-39-27)22-8-9-22)23-13-24-29(21(15-35)17-37-30(24)25(32)14-23)38-26(11-12-34)19-5-3-2-4-6-19/h2-7,10,13-14,16-18,22,26,31,39-40H,8-9,11H2,1H3,(H,37,38)/t26?,31-/m1/s1/i31D. The Hall–Kier alpha value is -4.90. The number of hydrogen-bond donors (Lipinski definition) is 3. The Balaban J connectivity index is 1.48. The molecule has 1 fully saturated rings. The van der Waals surface area contributed by atoms with E-state index in [1.807, 2.05) is 47.6 Å². The fraction of sp³-hybridized carbons (Fsp3) is 0.226. The van der Waals surface area contributed by atoms with Crippen LogP contribution in [-0.4, -0.2) is 28.1 Å². The van der Waals surface area contributed by atoms with Crippen molar-refractivity contribution in [3.63, 3.8) is 0 Å². The van der Waals surface area contributed by atoms with Crippen molar-refractivity contribution in [3.05, 3.63) is 107 Å². The zero-order valence-corrected chi connectivity index (χ0v) is 23.4. The van der Waals surface area contributed by atoms with Crippen molar-refractivity contribution < 1.29 is 5.76 Å². The van der Waals surface area contributed by atoms with Gasteiger partial charge in [-0.25, -0.2) is 4.98 Å². The van der Waals surface area contributed by atoms with E-state index in [9.17, 15) is 16.3 Å². The molecule has 2 atom stereocenters. The van der Waals surface area contributed by atoms with Gasteiger partial charge >= 0.3 is 0 Å². The number of halogens is 2. The number of nitriles is 2.